The Labute approximate surface area is 108 Å². The maximum Gasteiger partial charge on any atom is 0.198 e. The van der Waals surface area contributed by atoms with Crippen LogP contribution in [0.3, 0.4) is 0 Å². The van der Waals surface area contributed by atoms with Gasteiger partial charge in [0, 0.05) is 11.1 Å². The molecular weight excluding hydrogens is 260 g/mol. The van der Waals surface area contributed by atoms with Crippen LogP contribution in [0.2, 0.25) is 5.15 Å². The maximum atomic E-state index is 5.89. The van der Waals surface area contributed by atoms with Crippen molar-refractivity contribution in [3.8, 4) is 5.75 Å². The van der Waals surface area contributed by atoms with Crippen molar-refractivity contribution in [3.05, 3.63) is 27.6 Å². The second-order valence-corrected chi connectivity index (χ2v) is 4.92. The fourth-order valence-corrected chi connectivity index (χ4v) is 2.26. The molecular formula is C10H11ClN4OS. The average molecular weight is 271 g/mol. The highest BCUT2D eigenvalue weighted by atomic mass is 35.5. The topological polar surface area (TPSA) is 59.9 Å². The Bertz CT molecular complexity index is 517. The number of aryl methyl sites for hydroxylation is 1. The zero-order chi connectivity index (χ0) is 12.3. The smallest absolute Gasteiger partial charge is 0.198 e. The summed E-state index contributed by atoms with van der Waals surface area (Å²) in [4.78, 5) is 13.2. The monoisotopic (exact) mass is 270 g/mol. The van der Waals surface area contributed by atoms with Crippen LogP contribution in [0.15, 0.2) is 12.5 Å². The van der Waals surface area contributed by atoms with E-state index in [0.717, 1.165) is 9.88 Å². The van der Waals surface area contributed by atoms with Gasteiger partial charge in [-0.1, -0.05) is 11.6 Å². The molecule has 0 fully saturated rings. The van der Waals surface area contributed by atoms with Gasteiger partial charge in [-0.3, -0.25) is 0 Å². The predicted octanol–water partition coefficient (Wildman–Crippen LogP) is 2.52. The number of hydrogen-bond donors (Lipinski definition) is 1. The van der Waals surface area contributed by atoms with Gasteiger partial charge in [0.15, 0.2) is 16.7 Å². The van der Waals surface area contributed by atoms with Crippen molar-refractivity contribution >= 4 is 28.8 Å². The average Bonchev–Trinajstić information content (AvgIpc) is 2.72. The van der Waals surface area contributed by atoms with Crippen molar-refractivity contribution in [2.45, 2.75) is 13.5 Å². The SMILES string of the molecule is COc1c(Cl)ncnc1NCc1cnc(C)s1. The van der Waals surface area contributed by atoms with Crippen molar-refractivity contribution in [1.82, 2.24) is 15.0 Å². The minimum Gasteiger partial charge on any atom is -0.490 e. The van der Waals surface area contributed by atoms with E-state index in [2.05, 4.69) is 20.3 Å². The summed E-state index contributed by atoms with van der Waals surface area (Å²) >= 11 is 7.52. The standard InChI is InChI=1S/C10H11ClN4OS/c1-6-12-3-7(17-6)4-13-10-8(16-2)9(11)14-5-15-10/h3,5H,4H2,1-2H3,(H,13,14,15). The summed E-state index contributed by atoms with van der Waals surface area (Å²) in [6, 6.07) is 0. The van der Waals surface area contributed by atoms with Gasteiger partial charge in [-0.2, -0.15) is 0 Å². The normalized spacial score (nSPS) is 10.3. The highest BCUT2D eigenvalue weighted by Gasteiger charge is 2.10. The second kappa shape index (κ2) is 5.29. The zero-order valence-electron chi connectivity index (χ0n) is 9.40. The first kappa shape index (κ1) is 12.1. The Balaban J connectivity index is 2.11. The molecule has 17 heavy (non-hydrogen) atoms. The lowest BCUT2D eigenvalue weighted by molar-refractivity contribution is 0.413. The number of aromatic nitrogens is 3. The highest BCUT2D eigenvalue weighted by Crippen LogP contribution is 2.28. The Morgan fingerprint density at radius 3 is 2.88 bits per heavy atom. The molecule has 0 aliphatic rings. The molecule has 1 N–H and O–H groups in total. The molecule has 0 unspecified atom stereocenters. The van der Waals surface area contributed by atoms with Gasteiger partial charge in [0.1, 0.15) is 6.33 Å². The molecule has 0 aromatic carbocycles. The van der Waals surface area contributed by atoms with Gasteiger partial charge in [-0.25, -0.2) is 15.0 Å². The van der Waals surface area contributed by atoms with E-state index < -0.39 is 0 Å². The van der Waals surface area contributed by atoms with Crippen molar-refractivity contribution in [2.24, 2.45) is 0 Å². The van der Waals surface area contributed by atoms with Gasteiger partial charge in [0.25, 0.3) is 0 Å². The van der Waals surface area contributed by atoms with Crippen LogP contribution in [0.1, 0.15) is 9.88 Å². The lowest BCUT2D eigenvalue weighted by Crippen LogP contribution is -2.03. The quantitative estimate of drug-likeness (QED) is 0.865. The third-order valence-corrected chi connectivity index (χ3v) is 3.25. The summed E-state index contributed by atoms with van der Waals surface area (Å²) in [5.74, 6) is 1.04. The number of nitrogens with one attached hydrogen (secondary N) is 1. The maximum absolute atomic E-state index is 5.89. The van der Waals surface area contributed by atoms with Crippen LogP contribution in [0, 0.1) is 6.92 Å². The Kier molecular flexibility index (Phi) is 3.75. The summed E-state index contributed by atoms with van der Waals surface area (Å²) in [5.41, 5.74) is 0. The van der Waals surface area contributed by atoms with E-state index in [9.17, 15) is 0 Å². The van der Waals surface area contributed by atoms with Crippen LogP contribution in [0.4, 0.5) is 5.82 Å². The van der Waals surface area contributed by atoms with E-state index in [1.807, 2.05) is 13.1 Å². The molecule has 0 aliphatic heterocycles. The zero-order valence-corrected chi connectivity index (χ0v) is 11.0. The molecule has 5 nitrogen and oxygen atoms in total. The van der Waals surface area contributed by atoms with E-state index >= 15 is 0 Å². The molecule has 2 aromatic heterocycles. The molecule has 0 radical (unpaired) electrons. The molecule has 2 heterocycles. The van der Waals surface area contributed by atoms with Gasteiger partial charge in [-0.05, 0) is 6.92 Å². The second-order valence-electron chi connectivity index (χ2n) is 3.25. The first-order chi connectivity index (χ1) is 8.20. The number of methoxy groups -OCH3 is 1. The number of anilines is 1. The van der Waals surface area contributed by atoms with Gasteiger partial charge in [-0.15, -0.1) is 11.3 Å². The fraction of sp³-hybridized carbons (Fsp3) is 0.300. The van der Waals surface area contributed by atoms with E-state index in [1.54, 1.807) is 11.3 Å². The summed E-state index contributed by atoms with van der Waals surface area (Å²) in [6.45, 7) is 2.60. The molecule has 0 bridgehead atoms. The van der Waals surface area contributed by atoms with Crippen LogP contribution in [0.5, 0.6) is 5.75 Å². The Morgan fingerprint density at radius 2 is 2.24 bits per heavy atom. The lowest BCUT2D eigenvalue weighted by atomic mass is 10.4. The third kappa shape index (κ3) is 2.83. The summed E-state index contributed by atoms with van der Waals surface area (Å²) in [6.07, 6.45) is 3.23. The van der Waals surface area contributed by atoms with Crippen LogP contribution < -0.4 is 10.1 Å². The lowest BCUT2D eigenvalue weighted by Gasteiger charge is -2.09. The number of ether oxygens (including phenoxy) is 1. The van der Waals surface area contributed by atoms with Gasteiger partial charge in [0.05, 0.1) is 18.7 Å². The fourth-order valence-electron chi connectivity index (χ4n) is 1.32. The van der Waals surface area contributed by atoms with Crippen molar-refractivity contribution in [2.75, 3.05) is 12.4 Å². The predicted molar refractivity (Wildman–Crippen MR) is 67.8 cm³/mol. The molecule has 2 rings (SSSR count). The van der Waals surface area contributed by atoms with Gasteiger partial charge < -0.3 is 10.1 Å². The number of halogens is 1. The largest absolute Gasteiger partial charge is 0.490 e. The van der Waals surface area contributed by atoms with Crippen LogP contribution in [-0.2, 0) is 6.54 Å². The minimum absolute atomic E-state index is 0.297. The Morgan fingerprint density at radius 1 is 1.41 bits per heavy atom. The highest BCUT2D eigenvalue weighted by molar-refractivity contribution is 7.11. The molecule has 0 saturated carbocycles. The molecule has 0 atom stereocenters. The number of hydrogen-bond acceptors (Lipinski definition) is 6. The number of rotatable bonds is 4. The molecule has 0 aliphatic carbocycles. The molecule has 7 heteroatoms. The molecule has 90 valence electrons. The van der Waals surface area contributed by atoms with E-state index in [1.165, 1.54) is 13.4 Å². The first-order valence-electron chi connectivity index (χ1n) is 4.90. The molecule has 2 aromatic rings. The van der Waals surface area contributed by atoms with Crippen molar-refractivity contribution in [3.63, 3.8) is 0 Å². The van der Waals surface area contributed by atoms with Crippen LogP contribution >= 0.6 is 22.9 Å². The van der Waals surface area contributed by atoms with Gasteiger partial charge >= 0.3 is 0 Å². The van der Waals surface area contributed by atoms with Crippen molar-refractivity contribution < 1.29 is 4.74 Å². The molecule has 0 saturated heterocycles. The Hall–Kier alpha value is -1.40. The first-order valence-corrected chi connectivity index (χ1v) is 6.10. The third-order valence-electron chi connectivity index (χ3n) is 2.06. The van der Waals surface area contributed by atoms with Crippen LogP contribution in [-0.4, -0.2) is 22.1 Å². The number of thiazole rings is 1. The molecule has 0 spiro atoms. The van der Waals surface area contributed by atoms with Crippen LogP contribution in [0.25, 0.3) is 0 Å². The summed E-state index contributed by atoms with van der Waals surface area (Å²) < 4.78 is 5.14. The summed E-state index contributed by atoms with van der Waals surface area (Å²) in [5, 5.41) is 4.48. The van der Waals surface area contributed by atoms with E-state index in [-0.39, 0.29) is 0 Å². The van der Waals surface area contributed by atoms with E-state index in [4.69, 9.17) is 16.3 Å². The van der Waals surface area contributed by atoms with Crippen molar-refractivity contribution in [1.29, 1.82) is 0 Å². The minimum atomic E-state index is 0.297. The van der Waals surface area contributed by atoms with E-state index in [0.29, 0.717) is 23.3 Å². The number of nitrogens with zero attached hydrogens (tertiary/aromatic N) is 3. The summed E-state index contributed by atoms with van der Waals surface area (Å²) in [7, 11) is 1.53. The van der Waals surface area contributed by atoms with Gasteiger partial charge in [0.2, 0.25) is 0 Å². The molecule has 0 amide bonds.